The summed E-state index contributed by atoms with van der Waals surface area (Å²) in [5, 5.41) is 10.4. The molecule has 0 radical (unpaired) electrons. The highest BCUT2D eigenvalue weighted by atomic mass is 16.3. The minimum absolute atomic E-state index is 0.741. The Bertz CT molecular complexity index is 325. The Morgan fingerprint density at radius 3 is 3.14 bits per heavy atom. The fourth-order valence-electron chi connectivity index (χ4n) is 1.98. The van der Waals surface area contributed by atoms with Crippen molar-refractivity contribution < 1.29 is 5.11 Å². The molecular weight excluding hydrogens is 176 g/mol. The number of likely N-dealkylation sites (tertiary alicyclic amines) is 1. The minimum Gasteiger partial charge on any atom is -0.367 e. The van der Waals surface area contributed by atoms with E-state index in [-0.39, 0.29) is 0 Å². The number of aliphatic hydroxyl groups is 1. The van der Waals surface area contributed by atoms with Gasteiger partial charge in [0.05, 0.1) is 0 Å². The molecule has 1 aliphatic rings. The summed E-state index contributed by atoms with van der Waals surface area (Å²) in [6.07, 6.45) is 6.84. The van der Waals surface area contributed by atoms with Crippen molar-refractivity contribution in [2.24, 2.45) is 0 Å². The van der Waals surface area contributed by atoms with Crippen LogP contribution in [0.4, 0.5) is 0 Å². The van der Waals surface area contributed by atoms with E-state index in [4.69, 9.17) is 0 Å². The topological polar surface area (TPSA) is 36.4 Å². The molecule has 1 saturated heterocycles. The standard InChI is InChI=1S/C11H14N2O/c1-2-13-8-4-6-11(13,14)10-5-3-7-12-9-10/h2-3,5,7,9,14H,1,4,6,8H2. The quantitative estimate of drug-likeness (QED) is 0.767. The summed E-state index contributed by atoms with van der Waals surface area (Å²) in [7, 11) is 0. The van der Waals surface area contributed by atoms with Crippen molar-refractivity contribution in [2.75, 3.05) is 6.54 Å². The van der Waals surface area contributed by atoms with Gasteiger partial charge in [0.15, 0.2) is 5.72 Å². The van der Waals surface area contributed by atoms with Gasteiger partial charge in [-0.25, -0.2) is 0 Å². The molecule has 3 heteroatoms. The molecule has 1 aromatic rings. The van der Waals surface area contributed by atoms with Gasteiger partial charge in [-0.15, -0.1) is 0 Å². The van der Waals surface area contributed by atoms with E-state index < -0.39 is 5.72 Å². The molecule has 1 fully saturated rings. The van der Waals surface area contributed by atoms with E-state index in [0.29, 0.717) is 0 Å². The van der Waals surface area contributed by atoms with E-state index in [1.54, 1.807) is 18.6 Å². The summed E-state index contributed by atoms with van der Waals surface area (Å²) in [5.41, 5.74) is -0.0480. The predicted molar refractivity (Wildman–Crippen MR) is 54.3 cm³/mol. The molecule has 0 amide bonds. The molecule has 0 bridgehead atoms. The highest BCUT2D eigenvalue weighted by molar-refractivity contribution is 5.19. The molecule has 2 heterocycles. The van der Waals surface area contributed by atoms with Gasteiger partial charge in [-0.3, -0.25) is 4.98 Å². The largest absolute Gasteiger partial charge is 0.367 e. The monoisotopic (exact) mass is 190 g/mol. The zero-order valence-electron chi connectivity index (χ0n) is 8.06. The van der Waals surface area contributed by atoms with E-state index >= 15 is 0 Å². The zero-order chi connectivity index (χ0) is 10.0. The maximum atomic E-state index is 10.4. The fraction of sp³-hybridized carbons (Fsp3) is 0.364. The van der Waals surface area contributed by atoms with Crippen LogP contribution in [0, 0.1) is 0 Å². The number of rotatable bonds is 2. The second-order valence-electron chi connectivity index (χ2n) is 3.54. The fourth-order valence-corrected chi connectivity index (χ4v) is 1.98. The van der Waals surface area contributed by atoms with Gasteiger partial charge in [0.25, 0.3) is 0 Å². The van der Waals surface area contributed by atoms with Gasteiger partial charge in [-0.1, -0.05) is 12.6 Å². The number of aromatic nitrogens is 1. The lowest BCUT2D eigenvalue weighted by Gasteiger charge is -2.32. The second kappa shape index (κ2) is 3.42. The molecule has 1 aliphatic heterocycles. The molecular formula is C11H14N2O. The van der Waals surface area contributed by atoms with Crippen LogP contribution in [0.25, 0.3) is 0 Å². The van der Waals surface area contributed by atoms with Crippen LogP contribution < -0.4 is 0 Å². The second-order valence-corrected chi connectivity index (χ2v) is 3.54. The minimum atomic E-state index is -0.893. The first-order valence-corrected chi connectivity index (χ1v) is 4.79. The molecule has 1 aromatic heterocycles. The lowest BCUT2D eigenvalue weighted by atomic mass is 10.0. The van der Waals surface area contributed by atoms with Gasteiger partial charge in [0.1, 0.15) is 0 Å². The van der Waals surface area contributed by atoms with Crippen molar-refractivity contribution in [1.82, 2.24) is 9.88 Å². The van der Waals surface area contributed by atoms with Crippen molar-refractivity contribution >= 4 is 0 Å². The van der Waals surface area contributed by atoms with E-state index in [9.17, 15) is 5.11 Å². The maximum Gasteiger partial charge on any atom is 0.165 e. The Balaban J connectivity index is 2.36. The van der Waals surface area contributed by atoms with Gasteiger partial charge in [0.2, 0.25) is 0 Å². The Morgan fingerprint density at radius 1 is 1.64 bits per heavy atom. The SMILES string of the molecule is C=CN1CCCC1(O)c1cccnc1. The Morgan fingerprint density at radius 2 is 2.50 bits per heavy atom. The van der Waals surface area contributed by atoms with Crippen molar-refractivity contribution in [3.8, 4) is 0 Å². The van der Waals surface area contributed by atoms with Crippen molar-refractivity contribution in [3.05, 3.63) is 42.9 Å². The number of hydrogen-bond donors (Lipinski definition) is 1. The Labute approximate surface area is 83.7 Å². The maximum absolute atomic E-state index is 10.4. The molecule has 14 heavy (non-hydrogen) atoms. The van der Waals surface area contributed by atoms with Crippen LogP contribution >= 0.6 is 0 Å². The third kappa shape index (κ3) is 1.30. The summed E-state index contributed by atoms with van der Waals surface area (Å²) >= 11 is 0. The van der Waals surface area contributed by atoms with E-state index in [2.05, 4.69) is 11.6 Å². The average Bonchev–Trinajstić information content (AvgIpc) is 2.62. The summed E-state index contributed by atoms with van der Waals surface area (Å²) < 4.78 is 0. The van der Waals surface area contributed by atoms with Crippen LogP contribution in [-0.2, 0) is 5.72 Å². The van der Waals surface area contributed by atoms with Gasteiger partial charge in [-0.2, -0.15) is 0 Å². The van der Waals surface area contributed by atoms with Crippen LogP contribution in [-0.4, -0.2) is 21.5 Å². The van der Waals surface area contributed by atoms with Crippen LogP contribution in [0.3, 0.4) is 0 Å². The molecule has 1 unspecified atom stereocenters. The highest BCUT2D eigenvalue weighted by Gasteiger charge is 2.38. The number of hydrogen-bond acceptors (Lipinski definition) is 3. The van der Waals surface area contributed by atoms with Crippen LogP contribution in [0.1, 0.15) is 18.4 Å². The third-order valence-electron chi connectivity index (χ3n) is 2.74. The lowest BCUT2D eigenvalue weighted by Crippen LogP contribution is -2.37. The normalized spacial score (nSPS) is 26.5. The van der Waals surface area contributed by atoms with Crippen LogP contribution in [0.5, 0.6) is 0 Å². The molecule has 3 nitrogen and oxygen atoms in total. The lowest BCUT2D eigenvalue weighted by molar-refractivity contribution is -0.0616. The summed E-state index contributed by atoms with van der Waals surface area (Å²) in [4.78, 5) is 5.89. The van der Waals surface area contributed by atoms with Gasteiger partial charge < -0.3 is 10.0 Å². The smallest absolute Gasteiger partial charge is 0.165 e. The average molecular weight is 190 g/mol. The highest BCUT2D eigenvalue weighted by Crippen LogP contribution is 2.35. The van der Waals surface area contributed by atoms with E-state index in [1.807, 2.05) is 17.0 Å². The van der Waals surface area contributed by atoms with Crippen LogP contribution in [0.15, 0.2) is 37.3 Å². The van der Waals surface area contributed by atoms with Gasteiger partial charge in [0, 0.05) is 30.9 Å². The molecule has 2 rings (SSSR count). The molecule has 74 valence electrons. The summed E-state index contributed by atoms with van der Waals surface area (Å²) in [5.74, 6) is 0. The van der Waals surface area contributed by atoms with Crippen molar-refractivity contribution in [2.45, 2.75) is 18.6 Å². The molecule has 0 aliphatic carbocycles. The number of pyridine rings is 1. The first-order valence-electron chi connectivity index (χ1n) is 4.79. The van der Waals surface area contributed by atoms with Gasteiger partial charge in [-0.05, 0) is 18.7 Å². The van der Waals surface area contributed by atoms with E-state index in [0.717, 1.165) is 24.9 Å². The molecule has 0 saturated carbocycles. The molecule has 1 atom stereocenters. The van der Waals surface area contributed by atoms with Crippen LogP contribution in [0.2, 0.25) is 0 Å². The third-order valence-corrected chi connectivity index (χ3v) is 2.74. The van der Waals surface area contributed by atoms with E-state index in [1.165, 1.54) is 0 Å². The number of nitrogens with zero attached hydrogens (tertiary/aromatic N) is 2. The molecule has 1 N–H and O–H groups in total. The zero-order valence-corrected chi connectivity index (χ0v) is 8.06. The molecule has 0 aromatic carbocycles. The summed E-state index contributed by atoms with van der Waals surface area (Å²) in [6, 6.07) is 3.74. The summed E-state index contributed by atoms with van der Waals surface area (Å²) in [6.45, 7) is 4.57. The van der Waals surface area contributed by atoms with Gasteiger partial charge >= 0.3 is 0 Å². The van der Waals surface area contributed by atoms with Crippen molar-refractivity contribution in [3.63, 3.8) is 0 Å². The first kappa shape index (κ1) is 9.21. The van der Waals surface area contributed by atoms with Crippen molar-refractivity contribution in [1.29, 1.82) is 0 Å². The predicted octanol–water partition coefficient (Wildman–Crippen LogP) is 1.47. The first-order chi connectivity index (χ1) is 6.77. The Hall–Kier alpha value is -1.35. The Kier molecular flexibility index (Phi) is 2.25. The molecule has 0 spiro atoms.